The number of aryl methyl sites for hydroxylation is 1. The Bertz CT molecular complexity index is 972. The summed E-state index contributed by atoms with van der Waals surface area (Å²) in [5, 5.41) is 3.61. The molecule has 1 aromatic carbocycles. The van der Waals surface area contributed by atoms with Crippen LogP contribution in [0.25, 0.3) is 0 Å². The summed E-state index contributed by atoms with van der Waals surface area (Å²) in [5.74, 6) is 0.696. The number of likely N-dealkylation sites (tertiary alicyclic amines) is 1. The molecule has 2 heterocycles. The lowest BCUT2D eigenvalue weighted by Gasteiger charge is -2.34. The van der Waals surface area contributed by atoms with Crippen molar-refractivity contribution in [1.82, 2.24) is 15.2 Å². The molecule has 6 nitrogen and oxygen atoms in total. The van der Waals surface area contributed by atoms with Gasteiger partial charge < -0.3 is 15.0 Å². The third-order valence-corrected chi connectivity index (χ3v) is 6.66. The molecule has 2 aliphatic rings. The van der Waals surface area contributed by atoms with Gasteiger partial charge in [-0.3, -0.25) is 14.6 Å². The number of benzene rings is 1. The van der Waals surface area contributed by atoms with Crippen molar-refractivity contribution in [3.63, 3.8) is 0 Å². The zero-order chi connectivity index (χ0) is 22.0. The summed E-state index contributed by atoms with van der Waals surface area (Å²) in [4.78, 5) is 31.7. The highest BCUT2D eigenvalue weighted by atomic mass is 35.5. The van der Waals surface area contributed by atoms with Crippen LogP contribution in [0.2, 0.25) is 5.02 Å². The molecular formula is C24H28ClN3O3. The van der Waals surface area contributed by atoms with Crippen LogP contribution in [-0.2, 0) is 16.1 Å². The van der Waals surface area contributed by atoms with Crippen LogP contribution in [0.4, 0.5) is 0 Å². The van der Waals surface area contributed by atoms with E-state index in [4.69, 9.17) is 16.3 Å². The number of ether oxygens (including phenoxy) is 1. The van der Waals surface area contributed by atoms with Gasteiger partial charge >= 0.3 is 0 Å². The van der Waals surface area contributed by atoms with Gasteiger partial charge in [-0.2, -0.15) is 0 Å². The Balaban J connectivity index is 1.25. The quantitative estimate of drug-likeness (QED) is 0.740. The Hall–Kier alpha value is -2.60. The number of rotatable bonds is 6. The predicted molar refractivity (Wildman–Crippen MR) is 119 cm³/mol. The number of aromatic nitrogens is 1. The Morgan fingerprint density at radius 1 is 1.26 bits per heavy atom. The number of carbonyl (C=O) groups excluding carboxylic acids is 2. The average Bonchev–Trinajstić information content (AvgIpc) is 3.45. The fourth-order valence-electron chi connectivity index (χ4n) is 4.49. The van der Waals surface area contributed by atoms with Gasteiger partial charge in [-0.05, 0) is 68.9 Å². The van der Waals surface area contributed by atoms with E-state index >= 15 is 0 Å². The minimum atomic E-state index is -0.576. The lowest BCUT2D eigenvalue weighted by molar-refractivity contribution is -0.139. The molecule has 2 fully saturated rings. The van der Waals surface area contributed by atoms with Crippen molar-refractivity contribution in [2.75, 3.05) is 13.1 Å². The van der Waals surface area contributed by atoms with Gasteiger partial charge in [0.25, 0.3) is 5.91 Å². The molecule has 0 radical (unpaired) electrons. The molecule has 31 heavy (non-hydrogen) atoms. The number of pyridine rings is 1. The smallest absolute Gasteiger partial charge is 0.263 e. The second-order valence-corrected chi connectivity index (χ2v) is 9.09. The topological polar surface area (TPSA) is 71.5 Å². The highest BCUT2D eigenvalue weighted by molar-refractivity contribution is 6.30. The second kappa shape index (κ2) is 8.87. The molecule has 164 valence electrons. The first-order chi connectivity index (χ1) is 14.9. The molecule has 1 saturated heterocycles. The molecule has 1 aliphatic heterocycles. The third-order valence-electron chi connectivity index (χ3n) is 6.42. The zero-order valence-corrected chi connectivity index (χ0v) is 18.7. The average molecular weight is 442 g/mol. The first-order valence-corrected chi connectivity index (χ1v) is 11.2. The Kier molecular flexibility index (Phi) is 6.19. The lowest BCUT2D eigenvalue weighted by atomic mass is 9.90. The van der Waals surface area contributed by atoms with E-state index in [9.17, 15) is 9.59 Å². The van der Waals surface area contributed by atoms with E-state index in [1.54, 1.807) is 31.2 Å². The fraction of sp³-hybridized carbons (Fsp3) is 0.458. The maximum absolute atomic E-state index is 12.8. The molecule has 1 aliphatic carbocycles. The summed E-state index contributed by atoms with van der Waals surface area (Å²) in [6.07, 6.45) is 2.02. The van der Waals surface area contributed by atoms with Crippen LogP contribution in [0, 0.1) is 18.3 Å². The minimum absolute atomic E-state index is 0.0259. The molecule has 4 rings (SSSR count). The summed E-state index contributed by atoms with van der Waals surface area (Å²) < 4.78 is 5.77. The van der Waals surface area contributed by atoms with Gasteiger partial charge in [0.05, 0.1) is 12.2 Å². The van der Waals surface area contributed by atoms with Crippen LogP contribution < -0.4 is 10.1 Å². The van der Waals surface area contributed by atoms with Crippen LogP contribution in [0.3, 0.4) is 0 Å². The largest absolute Gasteiger partial charge is 0.481 e. The van der Waals surface area contributed by atoms with Crippen molar-refractivity contribution in [3.05, 3.63) is 58.9 Å². The highest BCUT2D eigenvalue weighted by Gasteiger charge is 2.58. The van der Waals surface area contributed by atoms with E-state index in [2.05, 4.69) is 10.3 Å². The lowest BCUT2D eigenvalue weighted by Crippen LogP contribution is -2.45. The zero-order valence-electron chi connectivity index (χ0n) is 17.9. The van der Waals surface area contributed by atoms with Gasteiger partial charge in [0.2, 0.25) is 5.91 Å². The summed E-state index contributed by atoms with van der Waals surface area (Å²) in [6.45, 7) is 5.48. The standard InChI is InChI=1S/C24H28ClN3O3/c1-16-5-3-7-19(27-16)15-26-22(29)21-14-24(21)9-11-28(12-10-24)23(30)17(2)31-20-8-4-6-18(25)13-20/h3-8,13,17,21H,9-12,14-15H2,1-2H3,(H,26,29)/t17-,21-/m1/s1. The highest BCUT2D eigenvalue weighted by Crippen LogP contribution is 2.59. The Morgan fingerprint density at radius 3 is 2.71 bits per heavy atom. The molecule has 0 unspecified atom stereocenters. The van der Waals surface area contributed by atoms with Gasteiger partial charge in [0.15, 0.2) is 6.10 Å². The van der Waals surface area contributed by atoms with Gasteiger partial charge in [-0.15, -0.1) is 0 Å². The predicted octanol–water partition coefficient (Wildman–Crippen LogP) is 3.76. The molecule has 2 aromatic rings. The van der Waals surface area contributed by atoms with Crippen LogP contribution in [-0.4, -0.2) is 40.9 Å². The van der Waals surface area contributed by atoms with Gasteiger partial charge in [0, 0.05) is 29.7 Å². The van der Waals surface area contributed by atoms with Crippen LogP contribution >= 0.6 is 11.6 Å². The summed E-state index contributed by atoms with van der Waals surface area (Å²) in [7, 11) is 0. The number of nitrogens with zero attached hydrogens (tertiary/aromatic N) is 2. The van der Waals surface area contributed by atoms with Gasteiger partial charge in [-0.1, -0.05) is 23.7 Å². The van der Waals surface area contributed by atoms with Crippen molar-refractivity contribution < 1.29 is 14.3 Å². The van der Waals surface area contributed by atoms with Crippen LogP contribution in [0.5, 0.6) is 5.75 Å². The SMILES string of the molecule is Cc1cccc(CNC(=O)[C@H]2CC23CCN(C(=O)[C@@H](C)Oc2cccc(Cl)c2)CC3)n1. The first kappa shape index (κ1) is 21.6. The second-order valence-electron chi connectivity index (χ2n) is 8.65. The molecule has 2 atom stereocenters. The van der Waals surface area contributed by atoms with E-state index in [1.165, 1.54) is 0 Å². The van der Waals surface area contributed by atoms with E-state index in [0.29, 0.717) is 30.4 Å². The molecule has 0 bridgehead atoms. The Labute approximate surface area is 187 Å². The molecule has 1 aromatic heterocycles. The third kappa shape index (κ3) is 5.01. The molecular weight excluding hydrogens is 414 g/mol. The molecule has 2 amide bonds. The van der Waals surface area contributed by atoms with E-state index in [1.807, 2.05) is 30.0 Å². The number of piperidine rings is 1. The maximum Gasteiger partial charge on any atom is 0.263 e. The van der Waals surface area contributed by atoms with E-state index < -0.39 is 6.10 Å². The molecule has 7 heteroatoms. The van der Waals surface area contributed by atoms with Crippen molar-refractivity contribution in [3.8, 4) is 5.75 Å². The van der Waals surface area contributed by atoms with Crippen molar-refractivity contribution in [2.24, 2.45) is 11.3 Å². The maximum atomic E-state index is 12.8. The number of nitrogens with one attached hydrogen (secondary N) is 1. The summed E-state index contributed by atoms with van der Waals surface area (Å²) in [5.41, 5.74) is 1.86. The number of hydrogen-bond donors (Lipinski definition) is 1. The molecule has 1 spiro atoms. The summed E-state index contributed by atoms with van der Waals surface area (Å²) in [6, 6.07) is 12.9. The summed E-state index contributed by atoms with van der Waals surface area (Å²) >= 11 is 5.99. The van der Waals surface area contributed by atoms with Crippen molar-refractivity contribution in [1.29, 1.82) is 0 Å². The van der Waals surface area contributed by atoms with Crippen molar-refractivity contribution >= 4 is 23.4 Å². The minimum Gasteiger partial charge on any atom is -0.481 e. The first-order valence-electron chi connectivity index (χ1n) is 10.8. The monoisotopic (exact) mass is 441 g/mol. The van der Waals surface area contributed by atoms with E-state index in [0.717, 1.165) is 30.7 Å². The number of carbonyl (C=O) groups is 2. The van der Waals surface area contributed by atoms with Gasteiger partial charge in [-0.25, -0.2) is 0 Å². The fourth-order valence-corrected chi connectivity index (χ4v) is 4.67. The Morgan fingerprint density at radius 2 is 2.00 bits per heavy atom. The number of hydrogen-bond acceptors (Lipinski definition) is 4. The number of halogens is 1. The normalized spacial score (nSPS) is 20.2. The molecule has 1 N–H and O–H groups in total. The van der Waals surface area contributed by atoms with Crippen LogP contribution in [0.1, 0.15) is 37.6 Å². The van der Waals surface area contributed by atoms with Crippen LogP contribution in [0.15, 0.2) is 42.5 Å². The van der Waals surface area contributed by atoms with Crippen molar-refractivity contribution in [2.45, 2.75) is 45.8 Å². The van der Waals surface area contributed by atoms with E-state index in [-0.39, 0.29) is 23.1 Å². The van der Waals surface area contributed by atoms with Gasteiger partial charge in [0.1, 0.15) is 5.75 Å². The number of amides is 2. The molecule has 1 saturated carbocycles.